The predicted octanol–water partition coefficient (Wildman–Crippen LogP) is 2.99. The van der Waals surface area contributed by atoms with Gasteiger partial charge in [0.25, 0.3) is 5.91 Å². The fourth-order valence-electron chi connectivity index (χ4n) is 2.03. The molecule has 7 heteroatoms. The number of fused-ring (bicyclic) bond motifs is 1. The maximum absolute atomic E-state index is 13.1. The van der Waals surface area contributed by atoms with E-state index in [0.717, 1.165) is 18.2 Å². The third-order valence-corrected chi connectivity index (χ3v) is 3.13. The second-order valence-corrected chi connectivity index (χ2v) is 4.71. The summed E-state index contributed by atoms with van der Waals surface area (Å²) in [7, 11) is 0. The number of unbranched alkanes of at least 4 members (excludes halogenated alkanes) is 1. The Balaban J connectivity index is 0.00000220. The Morgan fingerprint density at radius 1 is 1.27 bits per heavy atom. The molecule has 22 heavy (non-hydrogen) atoms. The number of halogens is 3. The monoisotopic (exact) mass is 347 g/mol. The van der Waals surface area contributed by atoms with Crippen LogP contribution >= 0.6 is 24.8 Å². The quantitative estimate of drug-likeness (QED) is 0.817. The van der Waals surface area contributed by atoms with Crippen LogP contribution in [0.3, 0.4) is 0 Å². The summed E-state index contributed by atoms with van der Waals surface area (Å²) in [4.78, 5) is 16.4. The van der Waals surface area contributed by atoms with E-state index in [9.17, 15) is 9.18 Å². The van der Waals surface area contributed by atoms with Crippen LogP contribution in [0.25, 0.3) is 10.9 Å². The smallest absolute Gasteiger partial charge is 0.253 e. The average Bonchev–Trinajstić information content (AvgIpc) is 2.42. The summed E-state index contributed by atoms with van der Waals surface area (Å²) < 4.78 is 13.1. The lowest BCUT2D eigenvalue weighted by molar-refractivity contribution is 0.0952. The molecule has 0 bridgehead atoms. The van der Waals surface area contributed by atoms with Gasteiger partial charge in [0.15, 0.2) is 0 Å². The minimum absolute atomic E-state index is 0. The van der Waals surface area contributed by atoms with Gasteiger partial charge in [-0.1, -0.05) is 0 Å². The first-order chi connectivity index (χ1) is 9.61. The van der Waals surface area contributed by atoms with Crippen molar-refractivity contribution >= 4 is 41.6 Å². The van der Waals surface area contributed by atoms with Gasteiger partial charge in [0, 0.05) is 18.0 Å². The number of nitrogens with two attached hydrogens (primary N) is 1. The minimum atomic E-state index is -0.330. The first-order valence-electron chi connectivity index (χ1n) is 6.67. The Bertz CT molecular complexity index is 637. The normalized spacial score (nSPS) is 9.77. The highest BCUT2D eigenvalue weighted by molar-refractivity contribution is 5.98. The lowest BCUT2D eigenvalue weighted by atomic mass is 10.1. The zero-order valence-corrected chi connectivity index (χ0v) is 13.9. The van der Waals surface area contributed by atoms with E-state index in [1.165, 1.54) is 12.1 Å². The first kappa shape index (κ1) is 20.6. The van der Waals surface area contributed by atoms with Crippen molar-refractivity contribution in [3.8, 4) is 0 Å². The average molecular weight is 348 g/mol. The van der Waals surface area contributed by atoms with Crippen molar-refractivity contribution in [3.05, 3.63) is 41.3 Å². The van der Waals surface area contributed by atoms with Crippen molar-refractivity contribution in [2.24, 2.45) is 5.73 Å². The molecule has 0 aliphatic carbocycles. The van der Waals surface area contributed by atoms with E-state index >= 15 is 0 Å². The minimum Gasteiger partial charge on any atom is -0.352 e. The Hall–Kier alpha value is -1.43. The maximum Gasteiger partial charge on any atom is 0.253 e. The molecule has 1 heterocycles. The van der Waals surface area contributed by atoms with E-state index in [2.05, 4.69) is 10.3 Å². The molecule has 0 radical (unpaired) electrons. The molecule has 3 N–H and O–H groups in total. The summed E-state index contributed by atoms with van der Waals surface area (Å²) >= 11 is 0. The Morgan fingerprint density at radius 3 is 2.68 bits per heavy atom. The highest BCUT2D eigenvalue weighted by atomic mass is 35.5. The number of hydrogen-bond acceptors (Lipinski definition) is 3. The molecular weight excluding hydrogens is 328 g/mol. The molecule has 0 spiro atoms. The molecule has 1 aromatic heterocycles. The van der Waals surface area contributed by atoms with Crippen LogP contribution in [0.2, 0.25) is 0 Å². The molecular formula is C15H20Cl2FN3O. The number of benzene rings is 1. The molecule has 0 atom stereocenters. The molecule has 2 rings (SSSR count). The number of carbonyl (C=O) groups excluding carboxylic acids is 1. The molecule has 0 aliphatic rings. The summed E-state index contributed by atoms with van der Waals surface area (Å²) in [5.74, 6) is -0.485. The fraction of sp³-hybridized carbons (Fsp3) is 0.333. The van der Waals surface area contributed by atoms with E-state index in [1.807, 2.05) is 0 Å². The summed E-state index contributed by atoms with van der Waals surface area (Å²) in [5.41, 5.74) is 7.08. The van der Waals surface area contributed by atoms with Crippen LogP contribution in [0.1, 0.15) is 28.9 Å². The number of aryl methyl sites for hydroxylation is 1. The molecule has 0 unspecified atom stereocenters. The van der Waals surface area contributed by atoms with E-state index in [4.69, 9.17) is 5.73 Å². The van der Waals surface area contributed by atoms with Gasteiger partial charge in [-0.05, 0) is 44.5 Å². The van der Waals surface area contributed by atoms with Crippen molar-refractivity contribution in [3.63, 3.8) is 0 Å². The van der Waals surface area contributed by atoms with Crippen molar-refractivity contribution < 1.29 is 9.18 Å². The summed E-state index contributed by atoms with van der Waals surface area (Å²) in [6.07, 6.45) is 1.74. The first-order valence-corrected chi connectivity index (χ1v) is 6.67. The van der Waals surface area contributed by atoms with E-state index in [-0.39, 0.29) is 36.5 Å². The number of nitrogens with one attached hydrogen (secondary N) is 1. The SMILES string of the molecule is Cc1nc2cc(F)ccc2cc1C(=O)NCCCCN.Cl.Cl. The molecule has 0 aliphatic heterocycles. The Morgan fingerprint density at radius 2 is 2.00 bits per heavy atom. The van der Waals surface area contributed by atoms with Gasteiger partial charge in [0.2, 0.25) is 0 Å². The van der Waals surface area contributed by atoms with E-state index in [0.29, 0.717) is 29.9 Å². The summed E-state index contributed by atoms with van der Waals surface area (Å²) in [6, 6.07) is 6.10. The molecule has 0 saturated carbocycles. The third-order valence-electron chi connectivity index (χ3n) is 3.13. The molecule has 2 aromatic rings. The second kappa shape index (κ2) is 9.56. The van der Waals surface area contributed by atoms with Crippen molar-refractivity contribution in [1.29, 1.82) is 0 Å². The number of pyridine rings is 1. The number of rotatable bonds is 5. The standard InChI is InChI=1S/C15H18FN3O.2ClH/c1-10-13(15(20)18-7-3-2-6-17)8-11-4-5-12(16)9-14(11)19-10;;/h4-5,8-9H,2-3,6-7,17H2,1H3,(H,18,20);2*1H. The summed E-state index contributed by atoms with van der Waals surface area (Å²) in [5, 5.41) is 3.60. The largest absolute Gasteiger partial charge is 0.352 e. The molecule has 4 nitrogen and oxygen atoms in total. The highest BCUT2D eigenvalue weighted by Gasteiger charge is 2.11. The third kappa shape index (κ3) is 5.09. The lowest BCUT2D eigenvalue weighted by Crippen LogP contribution is -2.25. The van der Waals surface area contributed by atoms with Crippen LogP contribution in [0.15, 0.2) is 24.3 Å². The van der Waals surface area contributed by atoms with Crippen LogP contribution in [0.4, 0.5) is 4.39 Å². The number of nitrogens with zero attached hydrogens (tertiary/aromatic N) is 1. The Kier molecular flexibility index (Phi) is 8.94. The molecule has 0 saturated heterocycles. The Labute approximate surface area is 141 Å². The van der Waals surface area contributed by atoms with Crippen LogP contribution < -0.4 is 11.1 Å². The predicted molar refractivity (Wildman–Crippen MR) is 91.6 cm³/mol. The topological polar surface area (TPSA) is 68.0 Å². The molecule has 122 valence electrons. The van der Waals surface area contributed by atoms with Crippen molar-refractivity contribution in [1.82, 2.24) is 10.3 Å². The maximum atomic E-state index is 13.1. The van der Waals surface area contributed by atoms with Crippen LogP contribution in [0.5, 0.6) is 0 Å². The van der Waals surface area contributed by atoms with Crippen LogP contribution in [-0.4, -0.2) is 24.0 Å². The molecule has 0 fully saturated rings. The number of aromatic nitrogens is 1. The van der Waals surface area contributed by atoms with Gasteiger partial charge in [-0.15, -0.1) is 24.8 Å². The van der Waals surface area contributed by atoms with Crippen molar-refractivity contribution in [2.75, 3.05) is 13.1 Å². The van der Waals surface area contributed by atoms with E-state index in [1.54, 1.807) is 19.1 Å². The van der Waals surface area contributed by atoms with Gasteiger partial charge in [-0.25, -0.2) is 4.39 Å². The zero-order valence-electron chi connectivity index (χ0n) is 12.3. The molecule has 1 amide bonds. The second-order valence-electron chi connectivity index (χ2n) is 4.71. The fourth-order valence-corrected chi connectivity index (χ4v) is 2.03. The van der Waals surface area contributed by atoms with Gasteiger partial charge in [0.1, 0.15) is 5.82 Å². The highest BCUT2D eigenvalue weighted by Crippen LogP contribution is 2.17. The number of carbonyl (C=O) groups is 1. The van der Waals surface area contributed by atoms with E-state index < -0.39 is 0 Å². The number of amides is 1. The number of hydrogen-bond donors (Lipinski definition) is 2. The van der Waals surface area contributed by atoms with Gasteiger partial charge in [-0.2, -0.15) is 0 Å². The van der Waals surface area contributed by atoms with Crippen molar-refractivity contribution in [2.45, 2.75) is 19.8 Å². The van der Waals surface area contributed by atoms with Gasteiger partial charge < -0.3 is 11.1 Å². The van der Waals surface area contributed by atoms with Crippen LogP contribution in [-0.2, 0) is 0 Å². The van der Waals surface area contributed by atoms with Gasteiger partial charge in [0.05, 0.1) is 16.8 Å². The van der Waals surface area contributed by atoms with Crippen LogP contribution in [0, 0.1) is 12.7 Å². The zero-order chi connectivity index (χ0) is 14.5. The lowest BCUT2D eigenvalue weighted by Gasteiger charge is -2.08. The van der Waals surface area contributed by atoms with Gasteiger partial charge >= 0.3 is 0 Å². The molecule has 1 aromatic carbocycles. The van der Waals surface area contributed by atoms with Gasteiger partial charge in [-0.3, -0.25) is 9.78 Å². The summed E-state index contributed by atoms with van der Waals surface area (Å²) in [6.45, 7) is 2.97.